The number of carboxylic acid groups (broad SMARTS) is 1. The SMILES string of the molecule is CCn1cncc1C1(C(O)C(=O)O)CC1. The molecule has 2 rings (SSSR count). The third kappa shape index (κ3) is 1.43. The van der Waals surface area contributed by atoms with Gasteiger partial charge in [-0.05, 0) is 19.8 Å². The monoisotopic (exact) mass is 210 g/mol. The molecule has 2 N–H and O–H groups in total. The Labute approximate surface area is 87.4 Å². The summed E-state index contributed by atoms with van der Waals surface area (Å²) in [5, 5.41) is 18.5. The van der Waals surface area contributed by atoms with Crippen LogP contribution < -0.4 is 0 Å². The Morgan fingerprint density at radius 2 is 2.40 bits per heavy atom. The summed E-state index contributed by atoms with van der Waals surface area (Å²) in [6.07, 6.45) is 3.44. The van der Waals surface area contributed by atoms with E-state index in [9.17, 15) is 9.90 Å². The van der Waals surface area contributed by atoms with Gasteiger partial charge in [-0.2, -0.15) is 0 Å². The topological polar surface area (TPSA) is 75.3 Å². The number of carbonyl (C=O) groups is 1. The second kappa shape index (κ2) is 3.34. The van der Waals surface area contributed by atoms with Gasteiger partial charge in [-0.25, -0.2) is 9.78 Å². The number of aryl methyl sites for hydroxylation is 1. The number of nitrogens with zero attached hydrogens (tertiary/aromatic N) is 2. The van der Waals surface area contributed by atoms with Crippen LogP contribution in [0.25, 0.3) is 0 Å². The first-order valence-electron chi connectivity index (χ1n) is 5.03. The first-order valence-corrected chi connectivity index (χ1v) is 5.03. The number of hydrogen-bond donors (Lipinski definition) is 2. The van der Waals surface area contributed by atoms with Crippen LogP contribution in [0.4, 0.5) is 0 Å². The maximum absolute atomic E-state index is 10.8. The van der Waals surface area contributed by atoms with Crippen LogP contribution in [0, 0.1) is 0 Å². The Morgan fingerprint density at radius 1 is 1.73 bits per heavy atom. The highest BCUT2D eigenvalue weighted by atomic mass is 16.4. The van der Waals surface area contributed by atoms with Gasteiger partial charge in [0.25, 0.3) is 0 Å². The molecule has 1 aromatic rings. The molecule has 1 saturated carbocycles. The van der Waals surface area contributed by atoms with Crippen LogP contribution in [0.2, 0.25) is 0 Å². The summed E-state index contributed by atoms with van der Waals surface area (Å²) in [5.41, 5.74) is 0.234. The Kier molecular flexibility index (Phi) is 2.26. The van der Waals surface area contributed by atoms with E-state index in [0.717, 1.165) is 12.2 Å². The summed E-state index contributed by atoms with van der Waals surface area (Å²) in [5.74, 6) is -1.16. The van der Waals surface area contributed by atoms with Crippen molar-refractivity contribution in [3.05, 3.63) is 18.2 Å². The van der Waals surface area contributed by atoms with Crippen LogP contribution in [-0.4, -0.2) is 31.8 Å². The van der Waals surface area contributed by atoms with E-state index < -0.39 is 17.5 Å². The van der Waals surface area contributed by atoms with E-state index in [1.54, 1.807) is 12.5 Å². The summed E-state index contributed by atoms with van der Waals surface area (Å²) in [6, 6.07) is 0. The first-order chi connectivity index (χ1) is 7.12. The molecule has 0 radical (unpaired) electrons. The minimum absolute atomic E-state index is 0.599. The van der Waals surface area contributed by atoms with Crippen LogP contribution in [0.3, 0.4) is 0 Å². The molecule has 5 nitrogen and oxygen atoms in total. The van der Waals surface area contributed by atoms with Gasteiger partial charge in [0.2, 0.25) is 0 Å². The quantitative estimate of drug-likeness (QED) is 0.753. The van der Waals surface area contributed by atoms with E-state index in [4.69, 9.17) is 5.11 Å². The van der Waals surface area contributed by atoms with Gasteiger partial charge in [0, 0.05) is 23.9 Å². The van der Waals surface area contributed by atoms with Crippen molar-refractivity contribution in [3.63, 3.8) is 0 Å². The molecule has 0 saturated heterocycles. The van der Waals surface area contributed by atoms with Crippen LogP contribution in [0.1, 0.15) is 25.5 Å². The number of imidazole rings is 1. The number of aliphatic hydroxyl groups excluding tert-OH is 1. The zero-order chi connectivity index (χ0) is 11.1. The van der Waals surface area contributed by atoms with Gasteiger partial charge in [0.05, 0.1) is 6.33 Å². The lowest BCUT2D eigenvalue weighted by atomic mass is 9.95. The standard InChI is InChI=1S/C10H14N2O3/c1-2-12-6-11-5-7(12)10(3-4-10)8(13)9(14)15/h5-6,8,13H,2-4H2,1H3,(H,14,15). The smallest absolute Gasteiger partial charge is 0.333 e. The molecule has 1 aliphatic rings. The summed E-state index contributed by atoms with van der Waals surface area (Å²) >= 11 is 0. The fourth-order valence-corrected chi connectivity index (χ4v) is 2.03. The molecule has 1 atom stereocenters. The molecule has 1 aromatic heterocycles. The third-order valence-electron chi connectivity index (χ3n) is 3.11. The molecular formula is C10H14N2O3. The van der Waals surface area contributed by atoms with Gasteiger partial charge in [0.1, 0.15) is 0 Å². The van der Waals surface area contributed by atoms with Crippen molar-refractivity contribution in [2.24, 2.45) is 0 Å². The molecule has 0 aliphatic heterocycles. The number of aromatic nitrogens is 2. The predicted octanol–water partition coefficient (Wildman–Crippen LogP) is 0.380. The Bertz CT molecular complexity index is 382. The van der Waals surface area contributed by atoms with Crippen molar-refractivity contribution in [1.29, 1.82) is 0 Å². The van der Waals surface area contributed by atoms with E-state index in [1.807, 2.05) is 11.5 Å². The first kappa shape index (κ1) is 10.2. The van der Waals surface area contributed by atoms with E-state index in [-0.39, 0.29) is 0 Å². The zero-order valence-electron chi connectivity index (χ0n) is 8.55. The third-order valence-corrected chi connectivity index (χ3v) is 3.11. The number of carboxylic acids is 1. The minimum atomic E-state index is -1.32. The molecule has 1 heterocycles. The summed E-state index contributed by atoms with van der Waals surface area (Å²) in [4.78, 5) is 14.8. The fourth-order valence-electron chi connectivity index (χ4n) is 2.03. The largest absolute Gasteiger partial charge is 0.479 e. The summed E-state index contributed by atoms with van der Waals surface area (Å²) in [7, 11) is 0. The minimum Gasteiger partial charge on any atom is -0.479 e. The van der Waals surface area contributed by atoms with Crippen molar-refractivity contribution in [1.82, 2.24) is 9.55 Å². The average Bonchev–Trinajstić information content (AvgIpc) is 2.88. The molecule has 0 spiro atoms. The number of hydrogen-bond acceptors (Lipinski definition) is 3. The van der Waals surface area contributed by atoms with Crippen molar-refractivity contribution in [3.8, 4) is 0 Å². The molecule has 5 heteroatoms. The Morgan fingerprint density at radius 3 is 2.87 bits per heavy atom. The lowest BCUT2D eigenvalue weighted by molar-refractivity contribution is -0.148. The molecule has 1 unspecified atom stereocenters. The van der Waals surface area contributed by atoms with Crippen molar-refractivity contribution >= 4 is 5.97 Å². The number of rotatable bonds is 4. The second-order valence-corrected chi connectivity index (χ2v) is 3.96. The molecule has 15 heavy (non-hydrogen) atoms. The summed E-state index contributed by atoms with van der Waals surface area (Å²) < 4.78 is 1.89. The lowest BCUT2D eigenvalue weighted by Crippen LogP contribution is -2.35. The maximum atomic E-state index is 10.8. The molecule has 0 amide bonds. The average molecular weight is 210 g/mol. The summed E-state index contributed by atoms with van der Waals surface area (Å²) in [6.45, 7) is 2.71. The number of aliphatic hydroxyl groups is 1. The molecule has 0 bridgehead atoms. The zero-order valence-corrected chi connectivity index (χ0v) is 8.55. The van der Waals surface area contributed by atoms with Crippen LogP contribution in [-0.2, 0) is 16.8 Å². The predicted molar refractivity (Wildman–Crippen MR) is 52.5 cm³/mol. The molecule has 82 valence electrons. The Balaban J connectivity index is 2.34. The second-order valence-electron chi connectivity index (χ2n) is 3.96. The molecule has 1 fully saturated rings. The molecule has 1 aliphatic carbocycles. The van der Waals surface area contributed by atoms with Gasteiger partial charge < -0.3 is 14.8 Å². The van der Waals surface area contributed by atoms with Gasteiger partial charge in [-0.15, -0.1) is 0 Å². The van der Waals surface area contributed by atoms with Gasteiger partial charge in [-0.1, -0.05) is 0 Å². The van der Waals surface area contributed by atoms with Crippen LogP contribution in [0.15, 0.2) is 12.5 Å². The van der Waals surface area contributed by atoms with Crippen molar-refractivity contribution in [2.45, 2.75) is 37.8 Å². The fraction of sp³-hybridized carbons (Fsp3) is 0.600. The van der Waals surface area contributed by atoms with Crippen LogP contribution in [0.5, 0.6) is 0 Å². The maximum Gasteiger partial charge on any atom is 0.333 e. The molecule has 0 aromatic carbocycles. The van der Waals surface area contributed by atoms with Gasteiger partial charge >= 0.3 is 5.97 Å². The lowest BCUT2D eigenvalue weighted by Gasteiger charge is -2.19. The van der Waals surface area contributed by atoms with E-state index in [1.165, 1.54) is 0 Å². The van der Waals surface area contributed by atoms with Gasteiger partial charge in [-0.3, -0.25) is 0 Å². The van der Waals surface area contributed by atoms with E-state index in [0.29, 0.717) is 12.8 Å². The van der Waals surface area contributed by atoms with E-state index >= 15 is 0 Å². The van der Waals surface area contributed by atoms with Crippen molar-refractivity contribution in [2.75, 3.05) is 0 Å². The van der Waals surface area contributed by atoms with Crippen LogP contribution >= 0.6 is 0 Å². The highest BCUT2D eigenvalue weighted by Crippen LogP contribution is 2.50. The number of aliphatic carboxylic acids is 1. The molecular weight excluding hydrogens is 196 g/mol. The highest BCUT2D eigenvalue weighted by Gasteiger charge is 2.55. The van der Waals surface area contributed by atoms with E-state index in [2.05, 4.69) is 4.98 Å². The Hall–Kier alpha value is -1.36. The highest BCUT2D eigenvalue weighted by molar-refractivity contribution is 5.75. The van der Waals surface area contributed by atoms with Crippen molar-refractivity contribution < 1.29 is 15.0 Å². The normalized spacial score (nSPS) is 19.9. The van der Waals surface area contributed by atoms with Gasteiger partial charge in [0.15, 0.2) is 6.10 Å².